The molecular weight excluding hydrogens is 267 g/mol. The number of halogens is 1. The van der Waals surface area contributed by atoms with E-state index in [-0.39, 0.29) is 11.8 Å². The smallest absolute Gasteiger partial charge is 0.318 e. The lowest BCUT2D eigenvalue weighted by atomic mass is 10.5. The van der Waals surface area contributed by atoms with E-state index in [0.717, 1.165) is 11.1 Å². The quantitative estimate of drug-likeness (QED) is 0.623. The lowest BCUT2D eigenvalue weighted by Gasteiger charge is -2.05. The molecule has 2 rings (SSSR count). The molecule has 0 aliphatic heterocycles. The maximum atomic E-state index is 13.4. The standard InChI is InChI=1S/C12H13FN4OS/c1-17(2)8-15-11-10(13)6-14-12(16-11)18-7-9-4-3-5-19-9/h3-6,8H,7H2,1-2H3/b15-8+. The van der Waals surface area contributed by atoms with Crippen LogP contribution < -0.4 is 4.74 Å². The zero-order chi connectivity index (χ0) is 13.7. The topological polar surface area (TPSA) is 50.6 Å². The first-order valence-corrected chi connectivity index (χ1v) is 6.41. The van der Waals surface area contributed by atoms with Crippen molar-refractivity contribution in [3.63, 3.8) is 0 Å². The maximum Gasteiger partial charge on any atom is 0.318 e. The van der Waals surface area contributed by atoms with Crippen molar-refractivity contribution in [2.24, 2.45) is 4.99 Å². The summed E-state index contributed by atoms with van der Waals surface area (Å²) in [6, 6.07) is 3.99. The first-order chi connectivity index (χ1) is 9.15. The summed E-state index contributed by atoms with van der Waals surface area (Å²) in [4.78, 5) is 14.3. The molecule has 0 fully saturated rings. The number of thiophene rings is 1. The van der Waals surface area contributed by atoms with E-state index < -0.39 is 5.82 Å². The zero-order valence-corrected chi connectivity index (χ0v) is 11.4. The fourth-order valence-electron chi connectivity index (χ4n) is 1.20. The molecule has 0 atom stereocenters. The van der Waals surface area contributed by atoms with Gasteiger partial charge in [0.1, 0.15) is 6.61 Å². The molecule has 19 heavy (non-hydrogen) atoms. The van der Waals surface area contributed by atoms with Gasteiger partial charge >= 0.3 is 6.01 Å². The molecule has 0 saturated heterocycles. The Morgan fingerprint density at radius 3 is 3.05 bits per heavy atom. The zero-order valence-electron chi connectivity index (χ0n) is 10.6. The van der Waals surface area contributed by atoms with Crippen molar-refractivity contribution in [3.05, 3.63) is 34.4 Å². The maximum absolute atomic E-state index is 13.4. The molecule has 0 aromatic carbocycles. The molecule has 0 spiro atoms. The summed E-state index contributed by atoms with van der Waals surface area (Å²) in [5.74, 6) is -0.619. The number of aliphatic imine (C=N–C) groups is 1. The largest absolute Gasteiger partial charge is 0.458 e. The average Bonchev–Trinajstić information content (AvgIpc) is 2.89. The SMILES string of the molecule is CN(C)/C=N/c1nc(OCc2cccs2)ncc1F. The normalized spacial score (nSPS) is 10.9. The van der Waals surface area contributed by atoms with E-state index in [1.54, 1.807) is 30.3 Å². The molecule has 5 nitrogen and oxygen atoms in total. The molecule has 0 aliphatic carbocycles. The number of nitrogens with zero attached hydrogens (tertiary/aromatic N) is 4. The summed E-state index contributed by atoms with van der Waals surface area (Å²) in [5, 5.41) is 1.96. The summed E-state index contributed by atoms with van der Waals surface area (Å²) in [7, 11) is 3.58. The van der Waals surface area contributed by atoms with Crippen LogP contribution in [0.1, 0.15) is 4.88 Å². The lowest BCUT2D eigenvalue weighted by molar-refractivity contribution is 0.283. The highest BCUT2D eigenvalue weighted by atomic mass is 32.1. The van der Waals surface area contributed by atoms with Gasteiger partial charge in [0.25, 0.3) is 0 Å². The Morgan fingerprint density at radius 1 is 1.53 bits per heavy atom. The average molecular weight is 280 g/mol. The van der Waals surface area contributed by atoms with Gasteiger partial charge in [-0.3, -0.25) is 0 Å². The molecule has 7 heteroatoms. The van der Waals surface area contributed by atoms with Gasteiger partial charge < -0.3 is 9.64 Å². The molecule has 2 aromatic heterocycles. The van der Waals surface area contributed by atoms with Crippen LogP contribution in [0.4, 0.5) is 10.2 Å². The Morgan fingerprint density at radius 2 is 2.37 bits per heavy atom. The number of rotatable bonds is 5. The molecule has 0 unspecified atom stereocenters. The van der Waals surface area contributed by atoms with E-state index in [1.807, 2.05) is 17.5 Å². The van der Waals surface area contributed by atoms with Crippen molar-refractivity contribution in [1.82, 2.24) is 14.9 Å². The molecule has 0 radical (unpaired) electrons. The Kier molecular flexibility index (Phi) is 4.40. The summed E-state index contributed by atoms with van der Waals surface area (Å²) in [6.07, 6.45) is 2.52. The second-order valence-corrected chi connectivity index (χ2v) is 4.93. The summed E-state index contributed by atoms with van der Waals surface area (Å²) < 4.78 is 18.8. The number of hydrogen-bond acceptors (Lipinski definition) is 5. The minimum absolute atomic E-state index is 0.0371. The molecule has 0 aliphatic rings. The van der Waals surface area contributed by atoms with Crippen LogP contribution in [-0.4, -0.2) is 35.3 Å². The third kappa shape index (κ3) is 3.99. The van der Waals surface area contributed by atoms with Gasteiger partial charge in [-0.1, -0.05) is 6.07 Å². The van der Waals surface area contributed by atoms with Gasteiger partial charge in [0.05, 0.1) is 12.5 Å². The minimum Gasteiger partial charge on any atom is -0.458 e. The Bertz CT molecular complexity index is 557. The minimum atomic E-state index is -0.582. The van der Waals surface area contributed by atoms with Crippen LogP contribution in [0.3, 0.4) is 0 Å². The van der Waals surface area contributed by atoms with E-state index in [0.29, 0.717) is 6.61 Å². The fourth-order valence-corrected chi connectivity index (χ4v) is 1.82. The van der Waals surface area contributed by atoms with Crippen molar-refractivity contribution in [1.29, 1.82) is 0 Å². The number of aromatic nitrogens is 2. The predicted octanol–water partition coefficient (Wildman–Crippen LogP) is 2.48. The van der Waals surface area contributed by atoms with Gasteiger partial charge in [0.2, 0.25) is 0 Å². The number of ether oxygens (including phenoxy) is 1. The van der Waals surface area contributed by atoms with Gasteiger partial charge in [0.15, 0.2) is 11.6 Å². The van der Waals surface area contributed by atoms with Crippen molar-refractivity contribution < 1.29 is 9.13 Å². The fraction of sp³-hybridized carbons (Fsp3) is 0.250. The number of hydrogen-bond donors (Lipinski definition) is 0. The summed E-state index contributed by atoms with van der Waals surface area (Å²) >= 11 is 1.57. The highest BCUT2D eigenvalue weighted by molar-refractivity contribution is 7.09. The van der Waals surface area contributed by atoms with Crippen molar-refractivity contribution >= 4 is 23.5 Å². The van der Waals surface area contributed by atoms with Gasteiger partial charge in [-0.2, -0.15) is 4.98 Å². The second-order valence-electron chi connectivity index (χ2n) is 3.90. The van der Waals surface area contributed by atoms with Crippen LogP contribution in [0.15, 0.2) is 28.7 Å². The molecule has 100 valence electrons. The van der Waals surface area contributed by atoms with Crippen molar-refractivity contribution in [2.45, 2.75) is 6.61 Å². The lowest BCUT2D eigenvalue weighted by Crippen LogP contribution is -2.07. The van der Waals surface area contributed by atoms with E-state index in [2.05, 4.69) is 15.0 Å². The van der Waals surface area contributed by atoms with E-state index >= 15 is 0 Å². The first-order valence-electron chi connectivity index (χ1n) is 5.53. The first kappa shape index (κ1) is 13.4. The highest BCUT2D eigenvalue weighted by Crippen LogP contribution is 2.17. The van der Waals surface area contributed by atoms with Crippen LogP contribution in [-0.2, 0) is 6.61 Å². The monoisotopic (exact) mass is 280 g/mol. The van der Waals surface area contributed by atoms with E-state index in [4.69, 9.17) is 4.74 Å². The van der Waals surface area contributed by atoms with Gasteiger partial charge in [0, 0.05) is 19.0 Å². The van der Waals surface area contributed by atoms with Gasteiger partial charge in [-0.25, -0.2) is 14.4 Å². The Hall–Kier alpha value is -2.02. The second kappa shape index (κ2) is 6.24. The van der Waals surface area contributed by atoms with Gasteiger partial charge in [-0.15, -0.1) is 11.3 Å². The Labute approximate surface area is 114 Å². The molecule has 0 saturated carbocycles. The molecule has 0 N–H and O–H groups in total. The third-order valence-electron chi connectivity index (χ3n) is 2.04. The van der Waals surface area contributed by atoms with E-state index in [1.165, 1.54) is 6.34 Å². The van der Waals surface area contributed by atoms with Crippen LogP contribution in [0.2, 0.25) is 0 Å². The predicted molar refractivity (Wildman–Crippen MR) is 72.5 cm³/mol. The van der Waals surface area contributed by atoms with Crippen LogP contribution in [0.25, 0.3) is 0 Å². The van der Waals surface area contributed by atoms with Crippen LogP contribution in [0, 0.1) is 5.82 Å². The molecule has 2 heterocycles. The molecule has 0 bridgehead atoms. The summed E-state index contributed by atoms with van der Waals surface area (Å²) in [6.45, 7) is 0.361. The van der Waals surface area contributed by atoms with Crippen LogP contribution in [0.5, 0.6) is 6.01 Å². The van der Waals surface area contributed by atoms with E-state index in [9.17, 15) is 4.39 Å². The van der Waals surface area contributed by atoms with Crippen molar-refractivity contribution in [2.75, 3.05) is 14.1 Å². The molecule has 2 aromatic rings. The van der Waals surface area contributed by atoms with Crippen molar-refractivity contribution in [3.8, 4) is 6.01 Å². The molecular formula is C12H13FN4OS. The molecule has 0 amide bonds. The Balaban J connectivity index is 2.07. The highest BCUT2D eigenvalue weighted by Gasteiger charge is 2.07. The van der Waals surface area contributed by atoms with Crippen LogP contribution >= 0.6 is 11.3 Å². The van der Waals surface area contributed by atoms with Gasteiger partial charge in [-0.05, 0) is 11.4 Å². The summed E-state index contributed by atoms with van der Waals surface area (Å²) in [5.41, 5.74) is 0. The third-order valence-corrected chi connectivity index (χ3v) is 2.89.